The first kappa shape index (κ1) is 8.78. The summed E-state index contributed by atoms with van der Waals surface area (Å²) >= 11 is 0. The van der Waals surface area contributed by atoms with Gasteiger partial charge in [-0.2, -0.15) is 0 Å². The molecule has 0 aromatic rings. The molecule has 1 saturated carbocycles. The second-order valence-electron chi connectivity index (χ2n) is 3.35. The SMILES string of the molecule is CC1CC(=N)N[C@@H]2C(F)[C@@H]12.Cl. The molecule has 2 unspecified atom stereocenters. The van der Waals surface area contributed by atoms with E-state index in [9.17, 15) is 4.39 Å². The molecule has 0 amide bonds. The van der Waals surface area contributed by atoms with E-state index in [-0.39, 0.29) is 24.4 Å². The standard InChI is InChI=1S/C7H11FN2.ClH/c1-3-2-4(9)10-7-5(3)6(7)8;/h3,5-7H,2H2,1H3,(H2,9,10);1H/t3?,5-,6?,7+;/m1./s1. The van der Waals surface area contributed by atoms with Crippen molar-refractivity contribution in [2.45, 2.75) is 25.6 Å². The average Bonchev–Trinajstić information content (AvgIpc) is 2.42. The zero-order chi connectivity index (χ0) is 7.30. The number of rotatable bonds is 0. The van der Waals surface area contributed by atoms with Gasteiger partial charge in [-0.25, -0.2) is 4.39 Å². The minimum Gasteiger partial charge on any atom is -0.368 e. The number of hydrogen-bond acceptors (Lipinski definition) is 1. The zero-order valence-corrected chi connectivity index (χ0v) is 7.12. The molecule has 2 N–H and O–H groups in total. The summed E-state index contributed by atoms with van der Waals surface area (Å²) in [5.74, 6) is 1.08. The van der Waals surface area contributed by atoms with Gasteiger partial charge in [-0.1, -0.05) is 6.92 Å². The maximum Gasteiger partial charge on any atom is 0.126 e. The van der Waals surface area contributed by atoms with Gasteiger partial charge >= 0.3 is 0 Å². The van der Waals surface area contributed by atoms with Crippen LogP contribution >= 0.6 is 12.4 Å². The maximum atomic E-state index is 12.7. The predicted octanol–water partition coefficient (Wildman–Crippen LogP) is 1.35. The lowest BCUT2D eigenvalue weighted by Gasteiger charge is -2.17. The molecule has 0 bridgehead atoms. The highest BCUT2D eigenvalue weighted by Gasteiger charge is 2.56. The Morgan fingerprint density at radius 1 is 1.64 bits per heavy atom. The van der Waals surface area contributed by atoms with Gasteiger partial charge in [0.25, 0.3) is 0 Å². The average molecular weight is 179 g/mol. The molecule has 4 atom stereocenters. The lowest BCUT2D eigenvalue weighted by atomic mass is 9.98. The molecule has 2 fully saturated rings. The fourth-order valence-electron chi connectivity index (χ4n) is 1.86. The fraction of sp³-hybridized carbons (Fsp3) is 0.857. The van der Waals surface area contributed by atoms with Crippen molar-refractivity contribution < 1.29 is 4.39 Å². The molecule has 0 aromatic heterocycles. The van der Waals surface area contributed by atoms with Gasteiger partial charge in [0.15, 0.2) is 0 Å². The summed E-state index contributed by atoms with van der Waals surface area (Å²) in [6.07, 6.45) is 0.0412. The summed E-state index contributed by atoms with van der Waals surface area (Å²) in [5.41, 5.74) is 0. The van der Waals surface area contributed by atoms with E-state index < -0.39 is 6.17 Å². The van der Waals surface area contributed by atoms with Crippen molar-refractivity contribution in [3.05, 3.63) is 0 Å². The van der Waals surface area contributed by atoms with Crippen LogP contribution in [0.1, 0.15) is 13.3 Å². The number of piperidine rings is 1. The first-order valence-corrected chi connectivity index (χ1v) is 3.68. The molecule has 0 aromatic carbocycles. The van der Waals surface area contributed by atoms with E-state index in [0.717, 1.165) is 6.42 Å². The number of hydrogen-bond donors (Lipinski definition) is 2. The number of nitrogens with one attached hydrogen (secondary N) is 2. The van der Waals surface area contributed by atoms with Crippen LogP contribution in [0.3, 0.4) is 0 Å². The van der Waals surface area contributed by atoms with Crippen molar-refractivity contribution in [2.24, 2.45) is 11.8 Å². The Hall–Kier alpha value is -0.310. The van der Waals surface area contributed by atoms with Crippen molar-refractivity contribution in [2.75, 3.05) is 0 Å². The minimum atomic E-state index is -0.683. The first-order chi connectivity index (χ1) is 4.70. The third-order valence-electron chi connectivity index (χ3n) is 2.51. The summed E-state index contributed by atoms with van der Waals surface area (Å²) < 4.78 is 12.7. The molecule has 11 heavy (non-hydrogen) atoms. The lowest BCUT2D eigenvalue weighted by molar-refractivity contribution is 0.393. The largest absolute Gasteiger partial charge is 0.368 e. The highest BCUT2D eigenvalue weighted by atomic mass is 35.5. The highest BCUT2D eigenvalue weighted by molar-refractivity contribution is 5.85. The third kappa shape index (κ3) is 1.22. The monoisotopic (exact) mass is 178 g/mol. The third-order valence-corrected chi connectivity index (χ3v) is 2.51. The van der Waals surface area contributed by atoms with E-state index >= 15 is 0 Å². The zero-order valence-electron chi connectivity index (χ0n) is 6.30. The first-order valence-electron chi connectivity index (χ1n) is 3.68. The van der Waals surface area contributed by atoms with Gasteiger partial charge in [0.1, 0.15) is 6.17 Å². The Labute approximate surface area is 71.5 Å². The number of fused-ring (bicyclic) bond motifs is 1. The molecule has 64 valence electrons. The van der Waals surface area contributed by atoms with Gasteiger partial charge in [0.2, 0.25) is 0 Å². The molecule has 1 saturated heterocycles. The predicted molar refractivity (Wildman–Crippen MR) is 44.1 cm³/mol. The Morgan fingerprint density at radius 2 is 2.27 bits per heavy atom. The quantitative estimate of drug-likeness (QED) is 0.577. The van der Waals surface area contributed by atoms with Crippen molar-refractivity contribution in [3.8, 4) is 0 Å². The normalized spacial score (nSPS) is 46.9. The molecule has 2 rings (SSSR count). The van der Waals surface area contributed by atoms with E-state index in [2.05, 4.69) is 5.32 Å². The highest BCUT2D eigenvalue weighted by Crippen LogP contribution is 2.44. The summed E-state index contributed by atoms with van der Waals surface area (Å²) in [7, 11) is 0. The molecule has 4 heteroatoms. The number of halogens is 2. The van der Waals surface area contributed by atoms with E-state index in [1.165, 1.54) is 0 Å². The van der Waals surface area contributed by atoms with Crippen LogP contribution in [0.15, 0.2) is 0 Å². The molecule has 2 aliphatic rings. The maximum absolute atomic E-state index is 12.7. The molecule has 0 spiro atoms. The van der Waals surface area contributed by atoms with Crippen molar-refractivity contribution in [1.82, 2.24) is 5.32 Å². The van der Waals surface area contributed by atoms with E-state index in [4.69, 9.17) is 5.41 Å². The van der Waals surface area contributed by atoms with Gasteiger partial charge < -0.3 is 5.32 Å². The van der Waals surface area contributed by atoms with Gasteiger partial charge in [0, 0.05) is 12.3 Å². The summed E-state index contributed by atoms with van der Waals surface area (Å²) in [5, 5.41) is 10.1. The Morgan fingerprint density at radius 3 is 2.82 bits per heavy atom. The Kier molecular flexibility index (Phi) is 2.10. The van der Waals surface area contributed by atoms with Gasteiger partial charge in [0.05, 0.1) is 11.9 Å². The topological polar surface area (TPSA) is 35.9 Å². The summed E-state index contributed by atoms with van der Waals surface area (Å²) in [6.45, 7) is 2.02. The van der Waals surface area contributed by atoms with Crippen molar-refractivity contribution in [1.29, 1.82) is 5.41 Å². The van der Waals surface area contributed by atoms with E-state index in [1.54, 1.807) is 0 Å². The van der Waals surface area contributed by atoms with Gasteiger partial charge in [-0.05, 0) is 5.92 Å². The molecule has 1 heterocycles. The van der Waals surface area contributed by atoms with Crippen LogP contribution < -0.4 is 5.32 Å². The smallest absolute Gasteiger partial charge is 0.126 e. The van der Waals surface area contributed by atoms with Gasteiger partial charge in [-0.15, -0.1) is 12.4 Å². The van der Waals surface area contributed by atoms with Crippen LogP contribution in [-0.2, 0) is 0 Å². The molecule has 1 aliphatic carbocycles. The molecular formula is C7H12ClFN2. The fourth-order valence-corrected chi connectivity index (χ4v) is 1.86. The van der Waals surface area contributed by atoms with Crippen molar-refractivity contribution in [3.63, 3.8) is 0 Å². The van der Waals surface area contributed by atoms with Crippen LogP contribution in [0.2, 0.25) is 0 Å². The van der Waals surface area contributed by atoms with E-state index in [1.807, 2.05) is 6.92 Å². The Bertz CT molecular complexity index is 175. The molecular weight excluding hydrogens is 167 g/mol. The van der Waals surface area contributed by atoms with Crippen molar-refractivity contribution >= 4 is 18.2 Å². The van der Waals surface area contributed by atoms with Crippen LogP contribution in [-0.4, -0.2) is 18.0 Å². The summed E-state index contributed by atoms with van der Waals surface area (Å²) in [4.78, 5) is 0. The summed E-state index contributed by atoms with van der Waals surface area (Å²) in [6, 6.07) is -0.0174. The molecule has 1 aliphatic heterocycles. The van der Waals surface area contributed by atoms with E-state index in [0.29, 0.717) is 11.8 Å². The van der Waals surface area contributed by atoms with Crippen LogP contribution in [0, 0.1) is 17.2 Å². The van der Waals surface area contributed by atoms with Crippen LogP contribution in [0.4, 0.5) is 4.39 Å². The van der Waals surface area contributed by atoms with Crippen LogP contribution in [0.25, 0.3) is 0 Å². The minimum absolute atomic E-state index is 0. The second kappa shape index (κ2) is 2.63. The molecule has 2 nitrogen and oxygen atoms in total. The van der Waals surface area contributed by atoms with Crippen LogP contribution in [0.5, 0.6) is 0 Å². The van der Waals surface area contributed by atoms with Gasteiger partial charge in [-0.3, -0.25) is 5.41 Å². The lowest BCUT2D eigenvalue weighted by Crippen LogP contribution is -2.33. The number of alkyl halides is 1. The number of amidine groups is 1. The second-order valence-corrected chi connectivity index (χ2v) is 3.35. The molecule has 0 radical (unpaired) electrons. The Balaban J connectivity index is 0.000000605.